The molecule has 0 saturated heterocycles. The molecule has 0 aliphatic carbocycles. The van der Waals surface area contributed by atoms with Gasteiger partial charge in [-0.15, -0.1) is 0 Å². The molecule has 1 atom stereocenters. The van der Waals surface area contributed by atoms with Gasteiger partial charge in [-0.05, 0) is 6.92 Å². The summed E-state index contributed by atoms with van der Waals surface area (Å²) in [4.78, 5) is 20.5. The third kappa shape index (κ3) is 4.32. The zero-order chi connectivity index (χ0) is 8.85. The number of carboxylic acids is 1. The molecular formula is C6H10O5. The number of hydrogen-bond acceptors (Lipinski definition) is 4. The monoisotopic (exact) mass is 162 g/mol. The van der Waals surface area contributed by atoms with Crippen LogP contribution in [-0.2, 0) is 19.1 Å². The summed E-state index contributed by atoms with van der Waals surface area (Å²) in [7, 11) is 1.21. The van der Waals surface area contributed by atoms with E-state index in [0.29, 0.717) is 0 Å². The molecule has 1 N–H and O–H groups in total. The van der Waals surface area contributed by atoms with Crippen molar-refractivity contribution in [3.63, 3.8) is 0 Å². The van der Waals surface area contributed by atoms with E-state index < -0.39 is 18.0 Å². The fraction of sp³-hybridized carbons (Fsp3) is 0.667. The summed E-state index contributed by atoms with van der Waals surface area (Å²) < 4.78 is 8.81. The Hall–Kier alpha value is -1.10. The van der Waals surface area contributed by atoms with Crippen LogP contribution < -0.4 is 0 Å². The minimum Gasteiger partial charge on any atom is -0.479 e. The van der Waals surface area contributed by atoms with Crippen LogP contribution in [0.4, 0.5) is 0 Å². The third-order valence-electron chi connectivity index (χ3n) is 1.03. The first kappa shape index (κ1) is 9.90. The molecular weight excluding hydrogens is 152 g/mol. The fourth-order valence-corrected chi connectivity index (χ4v) is 0.323. The number of esters is 1. The van der Waals surface area contributed by atoms with Gasteiger partial charge in [-0.25, -0.2) is 9.59 Å². The summed E-state index contributed by atoms with van der Waals surface area (Å²) in [5, 5.41) is 8.29. The number of aliphatic carboxylic acids is 1. The van der Waals surface area contributed by atoms with Crippen LogP contribution >= 0.6 is 0 Å². The lowest BCUT2D eigenvalue weighted by Crippen LogP contribution is -2.23. The molecule has 1 unspecified atom stereocenters. The van der Waals surface area contributed by atoms with Crippen molar-refractivity contribution in [3.05, 3.63) is 0 Å². The van der Waals surface area contributed by atoms with E-state index in [-0.39, 0.29) is 6.61 Å². The van der Waals surface area contributed by atoms with Gasteiger partial charge in [0.15, 0.2) is 6.10 Å². The molecule has 11 heavy (non-hydrogen) atoms. The second-order valence-electron chi connectivity index (χ2n) is 1.87. The van der Waals surface area contributed by atoms with Gasteiger partial charge in [0.25, 0.3) is 0 Å². The highest BCUT2D eigenvalue weighted by Crippen LogP contribution is 1.90. The molecule has 5 heteroatoms. The van der Waals surface area contributed by atoms with E-state index in [1.165, 1.54) is 14.0 Å². The largest absolute Gasteiger partial charge is 0.479 e. The van der Waals surface area contributed by atoms with Gasteiger partial charge in [-0.2, -0.15) is 0 Å². The molecule has 0 bridgehead atoms. The smallest absolute Gasteiger partial charge is 0.332 e. The van der Waals surface area contributed by atoms with Crippen molar-refractivity contribution in [2.24, 2.45) is 0 Å². The average Bonchev–Trinajstić information content (AvgIpc) is 1.99. The van der Waals surface area contributed by atoms with Crippen molar-refractivity contribution in [2.75, 3.05) is 13.7 Å². The second-order valence-corrected chi connectivity index (χ2v) is 1.87. The van der Waals surface area contributed by atoms with Crippen molar-refractivity contribution in [2.45, 2.75) is 13.0 Å². The molecule has 0 saturated carbocycles. The van der Waals surface area contributed by atoms with Crippen molar-refractivity contribution in [1.82, 2.24) is 0 Å². The van der Waals surface area contributed by atoms with Crippen LogP contribution in [0.2, 0.25) is 0 Å². The number of hydrogen-bond donors (Lipinski definition) is 1. The van der Waals surface area contributed by atoms with E-state index in [4.69, 9.17) is 5.11 Å². The normalized spacial score (nSPS) is 12.2. The highest BCUT2D eigenvalue weighted by molar-refractivity contribution is 5.73. The first-order valence-electron chi connectivity index (χ1n) is 2.99. The lowest BCUT2D eigenvalue weighted by atomic mass is 10.4. The maximum atomic E-state index is 10.4. The van der Waals surface area contributed by atoms with E-state index in [1.54, 1.807) is 0 Å². The van der Waals surface area contributed by atoms with Crippen molar-refractivity contribution in [3.8, 4) is 0 Å². The quantitative estimate of drug-likeness (QED) is 0.572. The Morgan fingerprint density at radius 1 is 1.55 bits per heavy atom. The molecule has 64 valence electrons. The summed E-state index contributed by atoms with van der Waals surface area (Å²) in [5.41, 5.74) is 0. The summed E-state index contributed by atoms with van der Waals surface area (Å²) in [6.45, 7) is 1.01. The van der Waals surface area contributed by atoms with Gasteiger partial charge in [0, 0.05) is 0 Å². The molecule has 0 aromatic heterocycles. The molecule has 5 nitrogen and oxygen atoms in total. The van der Waals surface area contributed by atoms with E-state index in [0.717, 1.165) is 0 Å². The molecule has 0 rings (SSSR count). The van der Waals surface area contributed by atoms with Gasteiger partial charge in [-0.3, -0.25) is 0 Å². The molecule has 0 spiro atoms. The van der Waals surface area contributed by atoms with Crippen LogP contribution in [0.5, 0.6) is 0 Å². The van der Waals surface area contributed by atoms with Gasteiger partial charge in [-0.1, -0.05) is 0 Å². The van der Waals surface area contributed by atoms with Gasteiger partial charge < -0.3 is 14.6 Å². The zero-order valence-corrected chi connectivity index (χ0v) is 6.36. The standard InChI is InChI=1S/C6H10O5/c1-4(6(8)9)11-3-5(7)10-2/h4H,3H2,1-2H3,(H,8,9). The maximum Gasteiger partial charge on any atom is 0.332 e. The van der Waals surface area contributed by atoms with E-state index >= 15 is 0 Å². The lowest BCUT2D eigenvalue weighted by molar-refractivity contribution is -0.156. The third-order valence-corrected chi connectivity index (χ3v) is 1.03. The molecule has 0 aliphatic rings. The van der Waals surface area contributed by atoms with Crippen molar-refractivity contribution < 1.29 is 24.2 Å². The summed E-state index contributed by atoms with van der Waals surface area (Å²) >= 11 is 0. The SMILES string of the molecule is COC(=O)COC(C)C(=O)O. The lowest BCUT2D eigenvalue weighted by Gasteiger charge is -2.05. The molecule has 0 aliphatic heterocycles. The Morgan fingerprint density at radius 2 is 2.09 bits per heavy atom. The number of carbonyl (C=O) groups is 2. The minimum absolute atomic E-state index is 0.329. The topological polar surface area (TPSA) is 72.8 Å². The van der Waals surface area contributed by atoms with Gasteiger partial charge >= 0.3 is 11.9 Å². The van der Waals surface area contributed by atoms with Crippen LogP contribution in [-0.4, -0.2) is 36.9 Å². The van der Waals surface area contributed by atoms with Gasteiger partial charge in [0.05, 0.1) is 7.11 Å². The number of carboxylic acid groups (broad SMARTS) is 1. The highest BCUT2D eigenvalue weighted by Gasteiger charge is 2.12. The van der Waals surface area contributed by atoms with Crippen LogP contribution in [0.3, 0.4) is 0 Å². The fourth-order valence-electron chi connectivity index (χ4n) is 0.323. The second kappa shape index (κ2) is 4.68. The Labute approximate surface area is 63.9 Å². The Morgan fingerprint density at radius 3 is 2.45 bits per heavy atom. The minimum atomic E-state index is -1.10. The Balaban J connectivity index is 3.54. The number of rotatable bonds is 4. The first-order valence-corrected chi connectivity index (χ1v) is 2.99. The number of ether oxygens (including phenoxy) is 2. The number of methoxy groups -OCH3 is 1. The number of carbonyl (C=O) groups excluding carboxylic acids is 1. The molecule has 0 radical (unpaired) electrons. The van der Waals surface area contributed by atoms with Crippen LogP contribution in [0, 0.1) is 0 Å². The van der Waals surface area contributed by atoms with Crippen LogP contribution in [0.1, 0.15) is 6.92 Å². The van der Waals surface area contributed by atoms with Crippen molar-refractivity contribution >= 4 is 11.9 Å². The van der Waals surface area contributed by atoms with Gasteiger partial charge in [0.1, 0.15) is 6.61 Å². The van der Waals surface area contributed by atoms with Crippen LogP contribution in [0.25, 0.3) is 0 Å². The average molecular weight is 162 g/mol. The Kier molecular flexibility index (Phi) is 4.21. The predicted octanol–water partition coefficient (Wildman–Crippen LogP) is -0.351. The summed E-state index contributed by atoms with van der Waals surface area (Å²) in [6.07, 6.45) is -0.978. The highest BCUT2D eigenvalue weighted by atomic mass is 16.6. The predicted molar refractivity (Wildman–Crippen MR) is 35.1 cm³/mol. The molecule has 0 heterocycles. The van der Waals surface area contributed by atoms with Crippen molar-refractivity contribution in [1.29, 1.82) is 0 Å². The molecule has 0 fully saturated rings. The summed E-state index contributed by atoms with van der Waals surface area (Å²) in [5.74, 6) is -1.69. The molecule has 0 aromatic carbocycles. The molecule has 0 aromatic rings. The maximum absolute atomic E-state index is 10.4. The first-order chi connectivity index (χ1) is 5.07. The summed E-state index contributed by atoms with van der Waals surface area (Å²) in [6, 6.07) is 0. The Bertz CT molecular complexity index is 153. The van der Waals surface area contributed by atoms with Gasteiger partial charge in [0.2, 0.25) is 0 Å². The molecule has 0 amide bonds. The van der Waals surface area contributed by atoms with E-state index in [1.807, 2.05) is 0 Å². The van der Waals surface area contributed by atoms with E-state index in [2.05, 4.69) is 9.47 Å². The van der Waals surface area contributed by atoms with E-state index in [9.17, 15) is 9.59 Å². The zero-order valence-electron chi connectivity index (χ0n) is 6.36. The van der Waals surface area contributed by atoms with Crippen LogP contribution in [0.15, 0.2) is 0 Å².